The third-order valence-electron chi connectivity index (χ3n) is 2.06. The monoisotopic (exact) mass is 176 g/mol. The van der Waals surface area contributed by atoms with E-state index in [1.165, 1.54) is 6.92 Å². The number of Topliss-reactive ketones (excluding diaryl/α,β-unsaturated/α-hetero) is 1. The average Bonchev–Trinajstić information content (AvgIpc) is 2.16. The second kappa shape index (κ2) is 3.99. The highest BCUT2D eigenvalue weighted by atomic mass is 16.1. The van der Waals surface area contributed by atoms with E-state index in [0.29, 0.717) is 11.1 Å². The zero-order valence-electron chi connectivity index (χ0n) is 7.83. The van der Waals surface area contributed by atoms with E-state index in [0.717, 1.165) is 18.3 Å². The van der Waals surface area contributed by atoms with Gasteiger partial charge in [-0.3, -0.25) is 9.59 Å². The molecule has 0 saturated carbocycles. The summed E-state index contributed by atoms with van der Waals surface area (Å²) in [7, 11) is 0. The van der Waals surface area contributed by atoms with Gasteiger partial charge in [0.15, 0.2) is 5.78 Å². The fourth-order valence-corrected chi connectivity index (χ4v) is 1.25. The minimum absolute atomic E-state index is 0.0344. The molecule has 68 valence electrons. The highest BCUT2D eigenvalue weighted by Crippen LogP contribution is 2.11. The third kappa shape index (κ3) is 2.02. The van der Waals surface area contributed by atoms with Crippen LogP contribution in [0.1, 0.15) is 40.1 Å². The van der Waals surface area contributed by atoms with E-state index in [-0.39, 0.29) is 5.78 Å². The molecule has 0 bridgehead atoms. The van der Waals surface area contributed by atoms with Crippen molar-refractivity contribution in [1.29, 1.82) is 0 Å². The Hall–Kier alpha value is -1.44. The van der Waals surface area contributed by atoms with Crippen molar-refractivity contribution in [2.75, 3.05) is 0 Å². The Balaban J connectivity index is 3.20. The van der Waals surface area contributed by atoms with Gasteiger partial charge in [0, 0.05) is 11.1 Å². The summed E-state index contributed by atoms with van der Waals surface area (Å²) in [4.78, 5) is 21.6. The van der Waals surface area contributed by atoms with Crippen molar-refractivity contribution in [3.05, 3.63) is 34.9 Å². The molecule has 0 fully saturated rings. The highest BCUT2D eigenvalue weighted by molar-refractivity contribution is 5.95. The first kappa shape index (κ1) is 9.65. The summed E-state index contributed by atoms with van der Waals surface area (Å²) in [6, 6.07) is 5.17. The molecule has 0 aliphatic heterocycles. The van der Waals surface area contributed by atoms with Crippen molar-refractivity contribution in [2.24, 2.45) is 0 Å². The van der Waals surface area contributed by atoms with Crippen LogP contribution in [0.4, 0.5) is 0 Å². The van der Waals surface area contributed by atoms with Crippen LogP contribution in [0.5, 0.6) is 0 Å². The van der Waals surface area contributed by atoms with Gasteiger partial charge in [-0.1, -0.05) is 19.1 Å². The molecule has 0 aliphatic carbocycles. The zero-order valence-corrected chi connectivity index (χ0v) is 7.83. The number of hydrogen-bond acceptors (Lipinski definition) is 2. The number of aldehydes is 1. The number of ketones is 1. The van der Waals surface area contributed by atoms with Crippen molar-refractivity contribution in [3.8, 4) is 0 Å². The van der Waals surface area contributed by atoms with Crippen molar-refractivity contribution >= 4 is 12.1 Å². The van der Waals surface area contributed by atoms with Gasteiger partial charge in [-0.15, -0.1) is 0 Å². The van der Waals surface area contributed by atoms with Gasteiger partial charge in [0.2, 0.25) is 0 Å². The SMILES string of the molecule is CCc1cc(C(C)=O)ccc1C=O. The van der Waals surface area contributed by atoms with Crippen LogP contribution < -0.4 is 0 Å². The molecule has 1 aromatic carbocycles. The first-order valence-electron chi connectivity index (χ1n) is 4.28. The second-order valence-corrected chi connectivity index (χ2v) is 2.94. The fraction of sp³-hybridized carbons (Fsp3) is 0.273. The van der Waals surface area contributed by atoms with Gasteiger partial charge in [-0.2, -0.15) is 0 Å². The summed E-state index contributed by atoms with van der Waals surface area (Å²) >= 11 is 0. The van der Waals surface area contributed by atoms with Crippen LogP contribution in [0.25, 0.3) is 0 Å². The molecule has 2 nitrogen and oxygen atoms in total. The predicted molar refractivity (Wildman–Crippen MR) is 51.2 cm³/mol. The van der Waals surface area contributed by atoms with Crippen LogP contribution in [0.3, 0.4) is 0 Å². The normalized spacial score (nSPS) is 9.69. The molecule has 1 aromatic rings. The maximum absolute atomic E-state index is 11.0. The largest absolute Gasteiger partial charge is 0.298 e. The van der Waals surface area contributed by atoms with Crippen LogP contribution in [-0.4, -0.2) is 12.1 Å². The fourth-order valence-electron chi connectivity index (χ4n) is 1.25. The number of benzene rings is 1. The maximum atomic E-state index is 11.0. The second-order valence-electron chi connectivity index (χ2n) is 2.94. The summed E-state index contributed by atoms with van der Waals surface area (Å²) in [6.07, 6.45) is 1.60. The molecule has 0 saturated heterocycles. The van der Waals surface area contributed by atoms with Crippen LogP contribution in [0.2, 0.25) is 0 Å². The lowest BCUT2D eigenvalue weighted by Gasteiger charge is -2.03. The Bertz CT molecular complexity index is 340. The molecule has 0 amide bonds. The molecule has 0 unspecified atom stereocenters. The van der Waals surface area contributed by atoms with Crippen molar-refractivity contribution in [3.63, 3.8) is 0 Å². The smallest absolute Gasteiger partial charge is 0.159 e. The van der Waals surface area contributed by atoms with Gasteiger partial charge in [-0.05, 0) is 25.0 Å². The summed E-state index contributed by atoms with van der Waals surface area (Å²) in [5.41, 5.74) is 2.28. The molecule has 0 heterocycles. The van der Waals surface area contributed by atoms with Gasteiger partial charge in [-0.25, -0.2) is 0 Å². The lowest BCUT2D eigenvalue weighted by Crippen LogP contribution is -1.97. The molecular weight excluding hydrogens is 164 g/mol. The lowest BCUT2D eigenvalue weighted by atomic mass is 10.0. The standard InChI is InChI=1S/C11H12O2/c1-3-9-6-10(8(2)13)4-5-11(9)7-12/h4-7H,3H2,1-2H3. The Labute approximate surface area is 77.6 Å². The van der Waals surface area contributed by atoms with Gasteiger partial charge < -0.3 is 0 Å². The van der Waals surface area contributed by atoms with E-state index in [4.69, 9.17) is 0 Å². The summed E-state index contributed by atoms with van der Waals surface area (Å²) in [6.45, 7) is 3.49. The average molecular weight is 176 g/mol. The number of rotatable bonds is 3. The summed E-state index contributed by atoms with van der Waals surface area (Å²) in [5, 5.41) is 0. The molecule has 13 heavy (non-hydrogen) atoms. The van der Waals surface area contributed by atoms with Crippen LogP contribution in [0.15, 0.2) is 18.2 Å². The van der Waals surface area contributed by atoms with Crippen LogP contribution in [-0.2, 0) is 6.42 Å². The van der Waals surface area contributed by atoms with E-state index in [9.17, 15) is 9.59 Å². The molecule has 0 radical (unpaired) electrons. The minimum atomic E-state index is 0.0344. The lowest BCUT2D eigenvalue weighted by molar-refractivity contribution is 0.101. The number of carbonyl (C=O) groups excluding carboxylic acids is 2. The van der Waals surface area contributed by atoms with Gasteiger partial charge >= 0.3 is 0 Å². The zero-order chi connectivity index (χ0) is 9.84. The van der Waals surface area contributed by atoms with E-state index in [1.54, 1.807) is 18.2 Å². The molecule has 2 heteroatoms. The van der Waals surface area contributed by atoms with E-state index >= 15 is 0 Å². The maximum Gasteiger partial charge on any atom is 0.159 e. The van der Waals surface area contributed by atoms with Gasteiger partial charge in [0.25, 0.3) is 0 Å². The number of hydrogen-bond donors (Lipinski definition) is 0. The van der Waals surface area contributed by atoms with E-state index in [2.05, 4.69) is 0 Å². The highest BCUT2D eigenvalue weighted by Gasteiger charge is 2.03. The van der Waals surface area contributed by atoms with Gasteiger partial charge in [0.1, 0.15) is 6.29 Å². The number of aryl methyl sites for hydroxylation is 1. The number of carbonyl (C=O) groups is 2. The molecule has 0 spiro atoms. The molecule has 0 aliphatic rings. The van der Waals surface area contributed by atoms with E-state index < -0.39 is 0 Å². The molecular formula is C11H12O2. The Kier molecular flexibility index (Phi) is 2.96. The van der Waals surface area contributed by atoms with Gasteiger partial charge in [0.05, 0.1) is 0 Å². The van der Waals surface area contributed by atoms with Crippen molar-refractivity contribution in [2.45, 2.75) is 20.3 Å². The minimum Gasteiger partial charge on any atom is -0.298 e. The summed E-state index contributed by atoms with van der Waals surface area (Å²) < 4.78 is 0. The van der Waals surface area contributed by atoms with E-state index in [1.807, 2.05) is 6.92 Å². The van der Waals surface area contributed by atoms with Crippen LogP contribution in [0, 0.1) is 0 Å². The van der Waals surface area contributed by atoms with Crippen LogP contribution >= 0.6 is 0 Å². The summed E-state index contributed by atoms with van der Waals surface area (Å²) in [5.74, 6) is 0.0344. The van der Waals surface area contributed by atoms with Crippen molar-refractivity contribution in [1.82, 2.24) is 0 Å². The topological polar surface area (TPSA) is 34.1 Å². The first-order chi connectivity index (χ1) is 6.19. The molecule has 0 N–H and O–H groups in total. The Morgan fingerprint density at radius 3 is 2.62 bits per heavy atom. The molecule has 1 rings (SSSR count). The Morgan fingerprint density at radius 1 is 1.46 bits per heavy atom. The first-order valence-corrected chi connectivity index (χ1v) is 4.28. The Morgan fingerprint density at radius 2 is 2.15 bits per heavy atom. The quantitative estimate of drug-likeness (QED) is 0.523. The van der Waals surface area contributed by atoms with Crippen molar-refractivity contribution < 1.29 is 9.59 Å². The molecule has 0 aromatic heterocycles. The third-order valence-corrected chi connectivity index (χ3v) is 2.06. The molecule has 0 atom stereocenters. The predicted octanol–water partition coefficient (Wildman–Crippen LogP) is 2.26.